The van der Waals surface area contributed by atoms with Crippen LogP contribution in [0.15, 0.2) is 53.7 Å². The zero-order chi connectivity index (χ0) is 20.1. The predicted octanol–water partition coefficient (Wildman–Crippen LogP) is 3.58. The Morgan fingerprint density at radius 3 is 2.39 bits per heavy atom. The molecule has 0 bridgehead atoms. The van der Waals surface area contributed by atoms with Gasteiger partial charge in [0.25, 0.3) is 0 Å². The predicted molar refractivity (Wildman–Crippen MR) is 98.1 cm³/mol. The first kappa shape index (κ1) is 19.6. The van der Waals surface area contributed by atoms with Crippen molar-refractivity contribution in [3.8, 4) is 5.75 Å². The van der Waals surface area contributed by atoms with E-state index in [-0.39, 0.29) is 24.7 Å². The molecule has 3 N–H and O–H groups in total. The Morgan fingerprint density at radius 1 is 1.21 bits per heavy atom. The molecule has 1 aliphatic rings. The fourth-order valence-corrected chi connectivity index (χ4v) is 2.56. The Labute approximate surface area is 160 Å². The summed E-state index contributed by atoms with van der Waals surface area (Å²) in [5.41, 5.74) is 2.02. The maximum Gasteiger partial charge on any atom is 0.383 e. The number of hydrogen-bond donors (Lipinski definition) is 3. The zero-order valence-corrected chi connectivity index (χ0v) is 15.0. The normalized spacial score (nSPS) is 17.7. The standard InChI is InChI=1S/C19H19F2N3O4/c1-27-15-8-6-14(7-9-15)23-18(25)22-11-12-2-4-13(5-3-12)16(24-26)10-17-19(20,21)28-17/h2-9,17,26H,10-11H2,1H3,(H2,22,23,25)/b24-16+. The highest BCUT2D eigenvalue weighted by molar-refractivity contribution is 6.00. The molecule has 3 rings (SSSR count). The molecule has 1 aliphatic heterocycles. The van der Waals surface area contributed by atoms with Gasteiger partial charge in [-0.3, -0.25) is 0 Å². The number of amides is 2. The van der Waals surface area contributed by atoms with Crippen LogP contribution in [-0.4, -0.2) is 36.3 Å². The Kier molecular flexibility index (Phi) is 5.74. The number of methoxy groups -OCH3 is 1. The summed E-state index contributed by atoms with van der Waals surface area (Å²) < 4.78 is 34.9. The van der Waals surface area contributed by atoms with Gasteiger partial charge in [-0.15, -0.1) is 0 Å². The summed E-state index contributed by atoms with van der Waals surface area (Å²) in [4.78, 5) is 12.0. The van der Waals surface area contributed by atoms with E-state index in [4.69, 9.17) is 9.94 Å². The number of ether oxygens (including phenoxy) is 2. The molecule has 0 aromatic heterocycles. The molecule has 1 atom stereocenters. The van der Waals surface area contributed by atoms with Gasteiger partial charge < -0.3 is 25.3 Å². The Bertz CT molecular complexity index is 854. The van der Waals surface area contributed by atoms with E-state index in [1.165, 1.54) is 0 Å². The number of benzene rings is 2. The Balaban J connectivity index is 1.50. The van der Waals surface area contributed by atoms with E-state index in [1.54, 1.807) is 55.6 Å². The van der Waals surface area contributed by atoms with Crippen molar-refractivity contribution >= 4 is 17.4 Å². The van der Waals surface area contributed by atoms with E-state index >= 15 is 0 Å². The van der Waals surface area contributed by atoms with Gasteiger partial charge >= 0.3 is 12.1 Å². The van der Waals surface area contributed by atoms with Crippen molar-refractivity contribution in [2.24, 2.45) is 5.16 Å². The summed E-state index contributed by atoms with van der Waals surface area (Å²) in [6.45, 7) is 0.262. The largest absolute Gasteiger partial charge is 0.497 e. The molecule has 148 valence electrons. The van der Waals surface area contributed by atoms with E-state index in [9.17, 15) is 13.6 Å². The molecule has 2 amide bonds. The molecule has 0 radical (unpaired) electrons. The molecular formula is C19H19F2N3O4. The lowest BCUT2D eigenvalue weighted by Crippen LogP contribution is -2.28. The van der Waals surface area contributed by atoms with Crippen molar-refractivity contribution in [1.29, 1.82) is 0 Å². The molecule has 0 aliphatic carbocycles. The van der Waals surface area contributed by atoms with Crippen molar-refractivity contribution in [3.05, 3.63) is 59.7 Å². The number of urea groups is 1. The van der Waals surface area contributed by atoms with Gasteiger partial charge in [0.15, 0.2) is 6.10 Å². The summed E-state index contributed by atoms with van der Waals surface area (Å²) >= 11 is 0. The zero-order valence-electron chi connectivity index (χ0n) is 15.0. The molecule has 1 heterocycles. The number of carbonyl (C=O) groups is 1. The summed E-state index contributed by atoms with van der Waals surface area (Å²) in [7, 11) is 1.56. The average Bonchev–Trinajstić information content (AvgIpc) is 3.31. The first-order valence-electron chi connectivity index (χ1n) is 8.46. The number of hydrogen-bond acceptors (Lipinski definition) is 5. The molecule has 1 unspecified atom stereocenters. The van der Waals surface area contributed by atoms with Crippen LogP contribution in [-0.2, 0) is 11.3 Å². The lowest BCUT2D eigenvalue weighted by molar-refractivity contribution is 0.00138. The van der Waals surface area contributed by atoms with Gasteiger partial charge in [0, 0.05) is 18.7 Å². The first-order chi connectivity index (χ1) is 13.4. The van der Waals surface area contributed by atoms with Gasteiger partial charge in [-0.05, 0) is 35.4 Å². The van der Waals surface area contributed by atoms with Gasteiger partial charge in [0.05, 0.1) is 12.8 Å². The summed E-state index contributed by atoms with van der Waals surface area (Å²) in [5, 5.41) is 17.5. The number of nitrogens with zero attached hydrogens (tertiary/aromatic N) is 1. The summed E-state index contributed by atoms with van der Waals surface area (Å²) in [5.74, 6) is 0.689. The SMILES string of the molecule is COc1ccc(NC(=O)NCc2ccc(/C(CC3OC3(F)F)=N/O)cc2)cc1. The second-order valence-corrected chi connectivity index (χ2v) is 6.15. The summed E-state index contributed by atoms with van der Waals surface area (Å²) in [6.07, 6.45) is -4.61. The molecule has 28 heavy (non-hydrogen) atoms. The quantitative estimate of drug-likeness (QED) is 0.291. The highest BCUT2D eigenvalue weighted by atomic mass is 19.3. The number of nitrogens with one attached hydrogen (secondary N) is 2. The third-order valence-electron chi connectivity index (χ3n) is 4.20. The third-order valence-corrected chi connectivity index (χ3v) is 4.20. The number of epoxide rings is 1. The second kappa shape index (κ2) is 8.22. The molecule has 9 heteroatoms. The lowest BCUT2D eigenvalue weighted by Gasteiger charge is -2.09. The van der Waals surface area contributed by atoms with E-state index in [0.29, 0.717) is 17.0 Å². The van der Waals surface area contributed by atoms with Crippen molar-refractivity contribution in [2.75, 3.05) is 12.4 Å². The molecule has 0 spiro atoms. The molecule has 2 aromatic carbocycles. The number of oxime groups is 1. The second-order valence-electron chi connectivity index (χ2n) is 6.15. The van der Waals surface area contributed by atoms with Crippen LogP contribution < -0.4 is 15.4 Å². The lowest BCUT2D eigenvalue weighted by atomic mass is 10.0. The van der Waals surface area contributed by atoms with Crippen LogP contribution in [0.5, 0.6) is 5.75 Å². The van der Waals surface area contributed by atoms with Crippen LogP contribution in [0.1, 0.15) is 17.5 Å². The molecule has 0 saturated carbocycles. The topological polar surface area (TPSA) is 95.5 Å². The van der Waals surface area contributed by atoms with E-state index < -0.39 is 12.2 Å². The van der Waals surface area contributed by atoms with Crippen LogP contribution >= 0.6 is 0 Å². The minimum Gasteiger partial charge on any atom is -0.497 e. The van der Waals surface area contributed by atoms with Crippen molar-refractivity contribution in [1.82, 2.24) is 5.32 Å². The summed E-state index contributed by atoms with van der Waals surface area (Å²) in [6, 6.07) is 13.2. The number of carbonyl (C=O) groups excluding carboxylic acids is 1. The Morgan fingerprint density at radius 2 is 1.86 bits per heavy atom. The van der Waals surface area contributed by atoms with Gasteiger partial charge in [-0.1, -0.05) is 29.4 Å². The number of anilines is 1. The fraction of sp³-hybridized carbons (Fsp3) is 0.263. The van der Waals surface area contributed by atoms with Crippen LogP contribution in [0.25, 0.3) is 0 Å². The van der Waals surface area contributed by atoms with Gasteiger partial charge in [-0.2, -0.15) is 8.78 Å². The van der Waals surface area contributed by atoms with E-state index in [2.05, 4.69) is 20.5 Å². The van der Waals surface area contributed by atoms with E-state index in [0.717, 1.165) is 5.56 Å². The monoisotopic (exact) mass is 391 g/mol. The molecule has 2 aromatic rings. The van der Waals surface area contributed by atoms with Crippen LogP contribution in [0.3, 0.4) is 0 Å². The van der Waals surface area contributed by atoms with Crippen molar-refractivity contribution in [2.45, 2.75) is 25.2 Å². The number of halogens is 2. The molecule has 7 nitrogen and oxygen atoms in total. The van der Waals surface area contributed by atoms with Crippen LogP contribution in [0, 0.1) is 0 Å². The maximum atomic E-state index is 12.8. The third kappa shape index (κ3) is 4.95. The number of rotatable bonds is 7. The first-order valence-corrected chi connectivity index (χ1v) is 8.46. The van der Waals surface area contributed by atoms with Gasteiger partial charge in [0.2, 0.25) is 0 Å². The molecule has 1 fully saturated rings. The molecular weight excluding hydrogens is 372 g/mol. The number of alkyl halides is 2. The maximum absolute atomic E-state index is 12.8. The minimum absolute atomic E-state index is 0.110. The van der Waals surface area contributed by atoms with Gasteiger partial charge in [0.1, 0.15) is 5.75 Å². The van der Waals surface area contributed by atoms with E-state index in [1.807, 2.05) is 0 Å². The molecule has 1 saturated heterocycles. The highest BCUT2D eigenvalue weighted by Gasteiger charge is 2.59. The van der Waals surface area contributed by atoms with Crippen molar-refractivity contribution in [3.63, 3.8) is 0 Å². The van der Waals surface area contributed by atoms with Gasteiger partial charge in [-0.25, -0.2) is 4.79 Å². The fourth-order valence-electron chi connectivity index (χ4n) is 2.56. The van der Waals surface area contributed by atoms with Crippen LogP contribution in [0.4, 0.5) is 19.3 Å². The Hall–Kier alpha value is -3.20. The minimum atomic E-state index is -3.16. The smallest absolute Gasteiger partial charge is 0.383 e. The highest BCUT2D eigenvalue weighted by Crippen LogP contribution is 2.42. The average molecular weight is 391 g/mol. The van der Waals surface area contributed by atoms with Crippen LogP contribution in [0.2, 0.25) is 0 Å². The van der Waals surface area contributed by atoms with Crippen molar-refractivity contribution < 1.29 is 28.3 Å².